The molecule has 3 heteroatoms. The molecule has 3 aromatic carbocycles. The molecule has 3 nitrogen and oxygen atoms in total. The van der Waals surface area contributed by atoms with E-state index in [1.54, 1.807) is 0 Å². The van der Waals surface area contributed by atoms with E-state index in [4.69, 9.17) is 4.74 Å². The van der Waals surface area contributed by atoms with Crippen LogP contribution in [0.2, 0.25) is 0 Å². The number of ether oxygens (including phenoxy) is 1. The molecule has 0 aliphatic rings. The molecule has 158 valence electrons. The lowest BCUT2D eigenvalue weighted by Crippen LogP contribution is -2.14. The first kappa shape index (κ1) is 22.1. The maximum atomic E-state index is 5.88. The lowest BCUT2D eigenvalue weighted by Gasteiger charge is -2.09. The average molecular weight is 403 g/mol. The number of nitrogens with one attached hydrogen (secondary N) is 2. The van der Waals surface area contributed by atoms with Crippen LogP contribution in [0.1, 0.15) is 42.4 Å². The summed E-state index contributed by atoms with van der Waals surface area (Å²) < 4.78 is 5.88. The van der Waals surface area contributed by atoms with Gasteiger partial charge in [-0.1, -0.05) is 85.6 Å². The Morgan fingerprint density at radius 2 is 1.03 bits per heavy atom. The van der Waals surface area contributed by atoms with Crippen molar-refractivity contribution < 1.29 is 4.74 Å². The maximum absolute atomic E-state index is 5.88. The Morgan fingerprint density at radius 1 is 0.500 bits per heavy atom. The third-order valence-electron chi connectivity index (χ3n) is 5.11. The topological polar surface area (TPSA) is 33.3 Å². The second-order valence-corrected chi connectivity index (χ2v) is 7.66. The molecule has 0 aliphatic heterocycles. The summed E-state index contributed by atoms with van der Waals surface area (Å²) >= 11 is 0. The van der Waals surface area contributed by atoms with Crippen LogP contribution in [0.15, 0.2) is 84.9 Å². The van der Waals surface area contributed by atoms with Crippen molar-refractivity contribution in [2.24, 2.45) is 0 Å². The van der Waals surface area contributed by atoms with Gasteiger partial charge in [-0.05, 0) is 48.2 Å². The Morgan fingerprint density at radius 3 is 1.67 bits per heavy atom. The van der Waals surface area contributed by atoms with Gasteiger partial charge in [-0.3, -0.25) is 0 Å². The monoisotopic (exact) mass is 402 g/mol. The van der Waals surface area contributed by atoms with Gasteiger partial charge in [-0.15, -0.1) is 0 Å². The van der Waals surface area contributed by atoms with E-state index in [-0.39, 0.29) is 0 Å². The van der Waals surface area contributed by atoms with Crippen molar-refractivity contribution >= 4 is 0 Å². The fourth-order valence-corrected chi connectivity index (χ4v) is 3.37. The van der Waals surface area contributed by atoms with Gasteiger partial charge < -0.3 is 15.4 Å². The van der Waals surface area contributed by atoms with Gasteiger partial charge in [0.1, 0.15) is 5.75 Å². The lowest BCUT2D eigenvalue weighted by atomic mass is 10.2. The standard InChI is InChI=1S/C27H34N2O/c1(9-19-28-21-24-11-5-3-6-12-24)2-10-20-30-27-17-15-26(16-18-27)23-29-22-25-13-7-4-8-14-25/h3-8,11-18,28-29H,1-2,9-10,19-23H2. The predicted octanol–water partition coefficient (Wildman–Crippen LogP) is 5.71. The molecule has 0 amide bonds. The Labute approximate surface area is 181 Å². The van der Waals surface area contributed by atoms with Gasteiger partial charge in [0.2, 0.25) is 0 Å². The van der Waals surface area contributed by atoms with Crippen molar-refractivity contribution in [3.63, 3.8) is 0 Å². The number of rotatable bonds is 14. The zero-order valence-electron chi connectivity index (χ0n) is 17.9. The van der Waals surface area contributed by atoms with E-state index in [0.29, 0.717) is 0 Å². The molecule has 2 N–H and O–H groups in total. The highest BCUT2D eigenvalue weighted by atomic mass is 16.5. The molecule has 0 bridgehead atoms. The summed E-state index contributed by atoms with van der Waals surface area (Å²) in [4.78, 5) is 0. The SMILES string of the molecule is c1ccc(CNCCCCCCOc2ccc(CNCc3ccccc3)cc2)cc1. The normalized spacial score (nSPS) is 10.8. The van der Waals surface area contributed by atoms with Crippen molar-refractivity contribution in [1.82, 2.24) is 10.6 Å². The number of unbranched alkanes of at least 4 members (excludes halogenated alkanes) is 3. The number of hydrogen-bond donors (Lipinski definition) is 2. The van der Waals surface area contributed by atoms with Crippen molar-refractivity contribution in [2.45, 2.75) is 45.3 Å². The molecule has 3 rings (SSSR count). The maximum Gasteiger partial charge on any atom is 0.119 e. The molecule has 0 spiro atoms. The third kappa shape index (κ3) is 8.81. The first-order valence-electron chi connectivity index (χ1n) is 11.1. The first-order chi connectivity index (χ1) is 14.9. The van der Waals surface area contributed by atoms with Crippen LogP contribution in [0.5, 0.6) is 5.75 Å². The molecule has 0 unspecified atom stereocenters. The molecule has 3 aromatic rings. The van der Waals surface area contributed by atoms with Gasteiger partial charge in [0.15, 0.2) is 0 Å². The van der Waals surface area contributed by atoms with Crippen molar-refractivity contribution in [3.05, 3.63) is 102 Å². The van der Waals surface area contributed by atoms with E-state index in [9.17, 15) is 0 Å². The van der Waals surface area contributed by atoms with Crippen molar-refractivity contribution in [2.75, 3.05) is 13.2 Å². The summed E-state index contributed by atoms with van der Waals surface area (Å²) in [6, 6.07) is 29.5. The van der Waals surface area contributed by atoms with E-state index in [1.165, 1.54) is 36.0 Å². The second kappa shape index (κ2) is 13.6. The Kier molecular flexibility index (Phi) is 9.99. The summed E-state index contributed by atoms with van der Waals surface area (Å²) in [7, 11) is 0. The zero-order valence-corrected chi connectivity index (χ0v) is 17.9. The van der Waals surface area contributed by atoms with Gasteiger partial charge in [0.05, 0.1) is 6.61 Å². The van der Waals surface area contributed by atoms with Crippen LogP contribution in [0, 0.1) is 0 Å². The number of hydrogen-bond acceptors (Lipinski definition) is 3. The molecule has 0 saturated carbocycles. The van der Waals surface area contributed by atoms with E-state index in [1.807, 2.05) is 6.07 Å². The molecule has 30 heavy (non-hydrogen) atoms. The fourth-order valence-electron chi connectivity index (χ4n) is 3.37. The number of benzene rings is 3. The highest BCUT2D eigenvalue weighted by molar-refractivity contribution is 5.27. The lowest BCUT2D eigenvalue weighted by molar-refractivity contribution is 0.304. The van der Waals surface area contributed by atoms with Crippen molar-refractivity contribution in [3.8, 4) is 5.75 Å². The largest absolute Gasteiger partial charge is 0.494 e. The van der Waals surface area contributed by atoms with E-state index < -0.39 is 0 Å². The van der Waals surface area contributed by atoms with E-state index >= 15 is 0 Å². The minimum atomic E-state index is 0.795. The fraction of sp³-hybridized carbons (Fsp3) is 0.333. The minimum absolute atomic E-state index is 0.795. The predicted molar refractivity (Wildman–Crippen MR) is 126 cm³/mol. The first-order valence-corrected chi connectivity index (χ1v) is 11.1. The smallest absolute Gasteiger partial charge is 0.119 e. The van der Waals surface area contributed by atoms with Crippen LogP contribution >= 0.6 is 0 Å². The van der Waals surface area contributed by atoms with Gasteiger partial charge in [-0.2, -0.15) is 0 Å². The van der Waals surface area contributed by atoms with Crippen LogP contribution in [-0.2, 0) is 19.6 Å². The van der Waals surface area contributed by atoms with Crippen LogP contribution in [-0.4, -0.2) is 13.2 Å². The van der Waals surface area contributed by atoms with Crippen LogP contribution in [0.4, 0.5) is 0 Å². The van der Waals surface area contributed by atoms with Gasteiger partial charge in [-0.25, -0.2) is 0 Å². The summed E-state index contributed by atoms with van der Waals surface area (Å²) in [6.45, 7) is 4.59. The van der Waals surface area contributed by atoms with Crippen LogP contribution in [0.3, 0.4) is 0 Å². The zero-order chi connectivity index (χ0) is 20.7. The summed E-state index contributed by atoms with van der Waals surface area (Å²) in [5.74, 6) is 0.964. The Hall–Kier alpha value is -2.62. The van der Waals surface area contributed by atoms with E-state index in [2.05, 4.69) is 89.5 Å². The highest BCUT2D eigenvalue weighted by Gasteiger charge is 1.98. The molecule has 0 saturated heterocycles. The van der Waals surface area contributed by atoms with Gasteiger partial charge >= 0.3 is 0 Å². The van der Waals surface area contributed by atoms with Gasteiger partial charge in [0.25, 0.3) is 0 Å². The Bertz CT molecular complexity index is 803. The molecule has 0 atom stereocenters. The minimum Gasteiger partial charge on any atom is -0.494 e. The quantitative estimate of drug-likeness (QED) is 0.339. The highest BCUT2D eigenvalue weighted by Crippen LogP contribution is 2.13. The second-order valence-electron chi connectivity index (χ2n) is 7.66. The molecular formula is C27H34N2O. The average Bonchev–Trinajstić information content (AvgIpc) is 2.80. The van der Waals surface area contributed by atoms with E-state index in [0.717, 1.165) is 45.0 Å². The molecule has 0 radical (unpaired) electrons. The van der Waals surface area contributed by atoms with Crippen LogP contribution < -0.4 is 15.4 Å². The molecule has 0 aromatic heterocycles. The summed E-state index contributed by atoms with van der Waals surface area (Å²) in [6.07, 6.45) is 4.79. The summed E-state index contributed by atoms with van der Waals surface area (Å²) in [5, 5.41) is 6.99. The van der Waals surface area contributed by atoms with Crippen LogP contribution in [0.25, 0.3) is 0 Å². The third-order valence-corrected chi connectivity index (χ3v) is 5.11. The summed E-state index contributed by atoms with van der Waals surface area (Å²) in [5.41, 5.74) is 3.94. The van der Waals surface area contributed by atoms with Crippen molar-refractivity contribution in [1.29, 1.82) is 0 Å². The Balaban J connectivity index is 1.18. The van der Waals surface area contributed by atoms with Gasteiger partial charge in [0, 0.05) is 19.6 Å². The molecule has 0 aliphatic carbocycles. The molecular weight excluding hydrogens is 368 g/mol. The molecule has 0 fully saturated rings. The molecule has 0 heterocycles.